The first-order valence-electron chi connectivity index (χ1n) is 11.5. The second-order valence-corrected chi connectivity index (χ2v) is 10.8. The smallest absolute Gasteiger partial charge is 0.321 e. The number of nitrogens with zero attached hydrogens (tertiary/aromatic N) is 4. The van der Waals surface area contributed by atoms with E-state index in [1.807, 2.05) is 31.2 Å². The Kier molecular flexibility index (Phi) is 6.94. The third-order valence-corrected chi connectivity index (χ3v) is 8.56. The lowest BCUT2D eigenvalue weighted by atomic mass is 9.98. The van der Waals surface area contributed by atoms with Crippen LogP contribution in [0, 0.1) is 26.7 Å². The first kappa shape index (κ1) is 24.2. The van der Waals surface area contributed by atoms with E-state index in [2.05, 4.69) is 10.5 Å². The van der Waals surface area contributed by atoms with Gasteiger partial charge in [0.1, 0.15) is 10.6 Å². The summed E-state index contributed by atoms with van der Waals surface area (Å²) in [6.07, 6.45) is 1.25. The third-order valence-electron chi connectivity index (χ3n) is 6.45. The Morgan fingerprint density at radius 3 is 2.41 bits per heavy atom. The number of hydrogen-bond acceptors (Lipinski definition) is 6. The number of anilines is 1. The molecule has 0 aliphatic carbocycles. The lowest BCUT2D eigenvalue weighted by Gasteiger charge is -2.38. The van der Waals surface area contributed by atoms with Gasteiger partial charge in [-0.1, -0.05) is 17.3 Å². The van der Waals surface area contributed by atoms with Crippen molar-refractivity contribution >= 4 is 27.6 Å². The van der Waals surface area contributed by atoms with Crippen molar-refractivity contribution in [1.82, 2.24) is 19.3 Å². The number of carbonyl (C=O) groups is 2. The molecule has 1 unspecified atom stereocenters. The van der Waals surface area contributed by atoms with Gasteiger partial charge in [-0.3, -0.25) is 4.79 Å². The van der Waals surface area contributed by atoms with E-state index in [-0.39, 0.29) is 29.1 Å². The minimum atomic E-state index is -3.78. The Hall–Kier alpha value is -2.92. The van der Waals surface area contributed by atoms with Gasteiger partial charge in [0.25, 0.3) is 0 Å². The summed E-state index contributed by atoms with van der Waals surface area (Å²) in [7, 11) is -3.78. The van der Waals surface area contributed by atoms with Gasteiger partial charge in [-0.15, -0.1) is 0 Å². The molecule has 0 saturated carbocycles. The molecular formula is C23H31N5O5S. The Morgan fingerprint density at radius 2 is 1.76 bits per heavy atom. The lowest BCUT2D eigenvalue weighted by Crippen LogP contribution is -2.54. The molecule has 2 fully saturated rings. The maximum Gasteiger partial charge on any atom is 0.321 e. The molecule has 2 aliphatic rings. The average molecular weight is 490 g/mol. The molecule has 1 aromatic carbocycles. The van der Waals surface area contributed by atoms with E-state index in [1.165, 1.54) is 4.31 Å². The van der Waals surface area contributed by atoms with Gasteiger partial charge in [-0.2, -0.15) is 4.31 Å². The fourth-order valence-electron chi connectivity index (χ4n) is 4.65. The molecule has 184 valence electrons. The van der Waals surface area contributed by atoms with Crippen LogP contribution < -0.4 is 5.32 Å². The van der Waals surface area contributed by atoms with Gasteiger partial charge in [0.05, 0.1) is 5.92 Å². The highest BCUT2D eigenvalue weighted by Crippen LogP contribution is 2.28. The number of sulfonamides is 1. The lowest BCUT2D eigenvalue weighted by molar-refractivity contribution is -0.138. The summed E-state index contributed by atoms with van der Waals surface area (Å²) in [5.41, 5.74) is 2.13. The molecule has 3 amide bonds. The van der Waals surface area contributed by atoms with Crippen molar-refractivity contribution in [1.29, 1.82) is 0 Å². The zero-order valence-corrected chi connectivity index (χ0v) is 20.6. The summed E-state index contributed by atoms with van der Waals surface area (Å²) in [5, 5.41) is 6.67. The second kappa shape index (κ2) is 9.75. The number of urea groups is 1. The first-order chi connectivity index (χ1) is 16.2. The van der Waals surface area contributed by atoms with Crippen LogP contribution in [-0.4, -0.2) is 78.9 Å². The Balaban J connectivity index is 1.34. The number of nitrogens with one attached hydrogen (secondary N) is 1. The fraction of sp³-hybridized carbons (Fsp3) is 0.522. The monoisotopic (exact) mass is 489 g/mol. The highest BCUT2D eigenvalue weighted by molar-refractivity contribution is 7.89. The van der Waals surface area contributed by atoms with Crippen LogP contribution in [0.25, 0.3) is 0 Å². The van der Waals surface area contributed by atoms with Crippen LogP contribution in [-0.2, 0) is 14.8 Å². The van der Waals surface area contributed by atoms with Crippen LogP contribution in [0.1, 0.15) is 29.9 Å². The molecule has 0 radical (unpaired) electrons. The van der Waals surface area contributed by atoms with E-state index in [0.29, 0.717) is 51.3 Å². The van der Waals surface area contributed by atoms with E-state index in [4.69, 9.17) is 4.52 Å². The predicted molar refractivity (Wildman–Crippen MR) is 126 cm³/mol. The minimum Gasteiger partial charge on any atom is -0.360 e. The number of piperidine rings is 1. The van der Waals surface area contributed by atoms with Crippen molar-refractivity contribution < 1.29 is 22.5 Å². The molecule has 10 nitrogen and oxygen atoms in total. The maximum atomic E-state index is 13.2. The topological polar surface area (TPSA) is 116 Å². The van der Waals surface area contributed by atoms with E-state index >= 15 is 0 Å². The molecule has 2 aliphatic heterocycles. The Labute approximate surface area is 199 Å². The number of aryl methyl sites for hydroxylation is 3. The van der Waals surface area contributed by atoms with Crippen molar-refractivity contribution in [3.8, 4) is 0 Å². The molecule has 4 rings (SSSR count). The molecule has 1 atom stereocenters. The van der Waals surface area contributed by atoms with E-state index in [0.717, 1.165) is 11.3 Å². The molecular weight excluding hydrogens is 458 g/mol. The van der Waals surface area contributed by atoms with Gasteiger partial charge in [0.2, 0.25) is 15.9 Å². The SMILES string of the molecule is Cc1cccc(NC(=O)N2CCN(C(=O)C3CCCN(S(=O)(=O)c4c(C)noc4C)C3)CC2)c1. The van der Waals surface area contributed by atoms with E-state index in [1.54, 1.807) is 23.6 Å². The molecule has 11 heteroatoms. The molecule has 0 bridgehead atoms. The highest BCUT2D eigenvalue weighted by Gasteiger charge is 2.38. The van der Waals surface area contributed by atoms with Gasteiger partial charge in [0.15, 0.2) is 5.76 Å². The fourth-order valence-corrected chi connectivity index (χ4v) is 6.46. The number of benzene rings is 1. The number of amides is 3. The molecule has 0 spiro atoms. The average Bonchev–Trinajstić information content (AvgIpc) is 3.17. The molecule has 3 heterocycles. The summed E-state index contributed by atoms with van der Waals surface area (Å²) in [4.78, 5) is 29.3. The summed E-state index contributed by atoms with van der Waals surface area (Å²) in [5.74, 6) is -0.208. The summed E-state index contributed by atoms with van der Waals surface area (Å²) in [6, 6.07) is 7.42. The van der Waals surface area contributed by atoms with Crippen LogP contribution in [0.15, 0.2) is 33.7 Å². The van der Waals surface area contributed by atoms with Crippen molar-refractivity contribution in [2.24, 2.45) is 5.92 Å². The quantitative estimate of drug-likeness (QED) is 0.705. The summed E-state index contributed by atoms with van der Waals surface area (Å²) in [6.45, 7) is 7.35. The van der Waals surface area contributed by atoms with Crippen molar-refractivity contribution in [2.75, 3.05) is 44.6 Å². The van der Waals surface area contributed by atoms with Gasteiger partial charge in [-0.25, -0.2) is 13.2 Å². The standard InChI is InChI=1S/C23H31N5O5S/c1-16-6-4-8-20(14-16)24-23(30)27-12-10-26(11-13-27)22(29)19-7-5-9-28(15-19)34(31,32)21-17(2)25-33-18(21)3/h4,6,8,14,19H,5,7,9-13,15H2,1-3H3,(H,24,30). The number of hydrogen-bond donors (Lipinski definition) is 1. The zero-order valence-electron chi connectivity index (χ0n) is 19.8. The van der Waals surface area contributed by atoms with Crippen LogP contribution in [0.2, 0.25) is 0 Å². The Bertz CT molecular complexity index is 1150. The largest absolute Gasteiger partial charge is 0.360 e. The van der Waals surface area contributed by atoms with Crippen LogP contribution in [0.5, 0.6) is 0 Å². The molecule has 1 aromatic heterocycles. The molecule has 1 N–H and O–H groups in total. The second-order valence-electron chi connectivity index (χ2n) is 8.97. The zero-order chi connectivity index (χ0) is 24.5. The number of carbonyl (C=O) groups excluding carboxylic acids is 2. The van der Waals surface area contributed by atoms with Crippen molar-refractivity contribution in [3.05, 3.63) is 41.3 Å². The highest BCUT2D eigenvalue weighted by atomic mass is 32.2. The van der Waals surface area contributed by atoms with E-state index < -0.39 is 15.9 Å². The van der Waals surface area contributed by atoms with Crippen molar-refractivity contribution in [2.45, 2.75) is 38.5 Å². The number of rotatable bonds is 4. The summed E-state index contributed by atoms with van der Waals surface area (Å²) < 4.78 is 32.8. The van der Waals surface area contributed by atoms with Crippen LogP contribution in [0.4, 0.5) is 10.5 Å². The molecule has 2 aromatic rings. The number of aromatic nitrogens is 1. The van der Waals surface area contributed by atoms with Gasteiger partial charge < -0.3 is 19.6 Å². The molecule has 34 heavy (non-hydrogen) atoms. The molecule has 2 saturated heterocycles. The van der Waals surface area contributed by atoms with E-state index in [9.17, 15) is 18.0 Å². The number of piperazine rings is 1. The first-order valence-corrected chi connectivity index (χ1v) is 12.9. The predicted octanol–water partition coefficient (Wildman–Crippen LogP) is 2.38. The van der Waals surface area contributed by atoms with Crippen molar-refractivity contribution in [3.63, 3.8) is 0 Å². The third kappa shape index (κ3) is 4.95. The Morgan fingerprint density at radius 1 is 1.06 bits per heavy atom. The summed E-state index contributed by atoms with van der Waals surface area (Å²) >= 11 is 0. The van der Waals surface area contributed by atoms with Crippen LogP contribution >= 0.6 is 0 Å². The van der Waals surface area contributed by atoms with Crippen LogP contribution in [0.3, 0.4) is 0 Å². The maximum absolute atomic E-state index is 13.2. The normalized spacial score (nSPS) is 19.8. The van der Waals surface area contributed by atoms with Gasteiger partial charge in [0, 0.05) is 45.0 Å². The minimum absolute atomic E-state index is 0.0580. The van der Waals surface area contributed by atoms with Gasteiger partial charge in [-0.05, 0) is 51.3 Å². The van der Waals surface area contributed by atoms with Gasteiger partial charge >= 0.3 is 6.03 Å².